The number of hydrogen-bond donors (Lipinski definition) is 1. The zero-order chi connectivity index (χ0) is 21.1. The van der Waals surface area contributed by atoms with Gasteiger partial charge in [0.1, 0.15) is 10.9 Å². The van der Waals surface area contributed by atoms with Crippen LogP contribution in [0.25, 0.3) is 10.2 Å². The topological polar surface area (TPSA) is 90.3 Å². The molecule has 0 saturated carbocycles. The number of ether oxygens (including phenoxy) is 1. The van der Waals surface area contributed by atoms with Gasteiger partial charge in [-0.1, -0.05) is 25.1 Å². The number of carbonyl (C=O) groups is 2. The van der Waals surface area contributed by atoms with Gasteiger partial charge in [-0.2, -0.15) is 0 Å². The molecule has 0 saturated heterocycles. The molecule has 2 aromatic heterocycles. The van der Waals surface area contributed by atoms with Gasteiger partial charge in [0, 0.05) is 5.69 Å². The molecule has 0 aliphatic carbocycles. The normalized spacial score (nSPS) is 13.1. The summed E-state index contributed by atoms with van der Waals surface area (Å²) in [4.78, 5) is 43.2. The minimum atomic E-state index is -0.811. The van der Waals surface area contributed by atoms with Gasteiger partial charge < -0.3 is 10.1 Å². The molecule has 0 aliphatic heterocycles. The number of rotatable bonds is 6. The molecular weight excluding hydrogens is 390 g/mol. The van der Waals surface area contributed by atoms with Crippen molar-refractivity contribution in [1.29, 1.82) is 0 Å². The van der Waals surface area contributed by atoms with E-state index in [-0.39, 0.29) is 17.6 Å². The van der Waals surface area contributed by atoms with Gasteiger partial charge in [-0.05, 0) is 44.9 Å². The average Bonchev–Trinajstić information content (AvgIpc) is 3.05. The Kier molecular flexibility index (Phi) is 6.12. The molecule has 1 aromatic carbocycles. The van der Waals surface area contributed by atoms with Gasteiger partial charge >= 0.3 is 5.97 Å². The molecule has 0 radical (unpaired) electrons. The van der Waals surface area contributed by atoms with Crippen LogP contribution < -0.4 is 10.9 Å². The minimum Gasteiger partial charge on any atom is -0.461 e. The number of nitrogens with one attached hydrogen (secondary N) is 1. The summed E-state index contributed by atoms with van der Waals surface area (Å²) in [5.41, 5.74) is 0.852. The van der Waals surface area contributed by atoms with Crippen LogP contribution in [-0.2, 0) is 9.53 Å². The van der Waals surface area contributed by atoms with Crippen LogP contribution in [0.4, 0.5) is 5.69 Å². The number of fused-ring (bicyclic) bond motifs is 1. The molecule has 7 nitrogen and oxygen atoms in total. The van der Waals surface area contributed by atoms with E-state index >= 15 is 0 Å². The Morgan fingerprint density at radius 1 is 1.24 bits per heavy atom. The Labute approximate surface area is 172 Å². The first-order valence-electron chi connectivity index (χ1n) is 9.40. The van der Waals surface area contributed by atoms with Crippen LogP contribution in [0, 0.1) is 6.92 Å². The lowest BCUT2D eigenvalue weighted by molar-refractivity contribution is -0.152. The lowest BCUT2D eigenvalue weighted by Crippen LogP contribution is -2.31. The third-order valence-corrected chi connectivity index (χ3v) is 5.96. The molecule has 0 aliphatic rings. The number of carbonyl (C=O) groups excluding carboxylic acids is 2. The van der Waals surface area contributed by atoms with E-state index in [2.05, 4.69) is 10.3 Å². The summed E-state index contributed by atoms with van der Waals surface area (Å²) in [7, 11) is 0. The molecule has 1 amide bonds. The fourth-order valence-electron chi connectivity index (χ4n) is 2.83. The SMILES string of the molecule is CC[C@H](C)OC(=O)[C@@H](C)n1cnc2sc(C(=O)Nc3ccccc3)c(C)c2c1=O. The molecule has 0 spiro atoms. The maximum Gasteiger partial charge on any atom is 0.329 e. The van der Waals surface area contributed by atoms with Crippen LogP contribution in [0.2, 0.25) is 0 Å². The first-order chi connectivity index (χ1) is 13.8. The van der Waals surface area contributed by atoms with E-state index in [9.17, 15) is 14.4 Å². The summed E-state index contributed by atoms with van der Waals surface area (Å²) in [6.45, 7) is 7.03. The first kappa shape index (κ1) is 20.7. The lowest BCUT2D eigenvalue weighted by atomic mass is 10.2. The van der Waals surface area contributed by atoms with Crippen molar-refractivity contribution in [2.24, 2.45) is 0 Å². The van der Waals surface area contributed by atoms with E-state index in [1.807, 2.05) is 25.1 Å². The molecule has 1 N–H and O–H groups in total. The Balaban J connectivity index is 1.95. The van der Waals surface area contributed by atoms with Crippen LogP contribution in [0.3, 0.4) is 0 Å². The van der Waals surface area contributed by atoms with Crippen LogP contribution in [0.1, 0.15) is 48.5 Å². The highest BCUT2D eigenvalue weighted by atomic mass is 32.1. The number of aromatic nitrogens is 2. The average molecular weight is 413 g/mol. The Morgan fingerprint density at radius 2 is 1.93 bits per heavy atom. The predicted octanol–water partition coefficient (Wildman–Crippen LogP) is 3.92. The lowest BCUT2D eigenvalue weighted by Gasteiger charge is -2.17. The van der Waals surface area contributed by atoms with Crippen LogP contribution in [-0.4, -0.2) is 27.5 Å². The molecule has 3 rings (SSSR count). The van der Waals surface area contributed by atoms with Crippen molar-refractivity contribution < 1.29 is 14.3 Å². The summed E-state index contributed by atoms with van der Waals surface area (Å²) in [6.07, 6.45) is 1.80. The van der Waals surface area contributed by atoms with E-state index < -0.39 is 12.0 Å². The molecule has 152 valence electrons. The van der Waals surface area contributed by atoms with Crippen molar-refractivity contribution in [2.75, 3.05) is 5.32 Å². The summed E-state index contributed by atoms with van der Waals surface area (Å²) in [5, 5.41) is 3.17. The molecule has 2 heterocycles. The largest absolute Gasteiger partial charge is 0.461 e. The molecule has 8 heteroatoms. The van der Waals surface area contributed by atoms with Gasteiger partial charge in [-0.25, -0.2) is 9.78 Å². The zero-order valence-electron chi connectivity index (χ0n) is 16.8. The monoisotopic (exact) mass is 413 g/mol. The number of hydrogen-bond acceptors (Lipinski definition) is 6. The highest BCUT2D eigenvalue weighted by Crippen LogP contribution is 2.28. The second-order valence-corrected chi connectivity index (χ2v) is 7.84. The summed E-state index contributed by atoms with van der Waals surface area (Å²) >= 11 is 1.16. The van der Waals surface area contributed by atoms with Crippen molar-refractivity contribution in [3.63, 3.8) is 0 Å². The number of anilines is 1. The Hall–Kier alpha value is -3.00. The van der Waals surface area contributed by atoms with Gasteiger partial charge in [-0.15, -0.1) is 11.3 Å². The molecule has 0 fully saturated rings. The van der Waals surface area contributed by atoms with Crippen LogP contribution in [0.15, 0.2) is 41.5 Å². The van der Waals surface area contributed by atoms with Gasteiger partial charge in [0.05, 0.1) is 22.7 Å². The number of para-hydroxylation sites is 1. The highest BCUT2D eigenvalue weighted by Gasteiger charge is 2.24. The molecule has 0 unspecified atom stereocenters. The molecule has 29 heavy (non-hydrogen) atoms. The van der Waals surface area contributed by atoms with Crippen LogP contribution in [0.5, 0.6) is 0 Å². The fraction of sp³-hybridized carbons (Fsp3) is 0.333. The van der Waals surface area contributed by atoms with Crippen molar-refractivity contribution in [3.05, 3.63) is 57.5 Å². The Morgan fingerprint density at radius 3 is 2.59 bits per heavy atom. The van der Waals surface area contributed by atoms with Gasteiger partial charge in [0.2, 0.25) is 0 Å². The molecular formula is C21H23N3O4S. The van der Waals surface area contributed by atoms with Gasteiger partial charge in [0.15, 0.2) is 0 Å². The quantitative estimate of drug-likeness (QED) is 0.619. The number of aryl methyl sites for hydroxylation is 1. The van der Waals surface area contributed by atoms with E-state index in [1.54, 1.807) is 32.9 Å². The predicted molar refractivity (Wildman–Crippen MR) is 114 cm³/mol. The second-order valence-electron chi connectivity index (χ2n) is 6.85. The summed E-state index contributed by atoms with van der Waals surface area (Å²) in [5.74, 6) is -0.788. The van der Waals surface area contributed by atoms with Gasteiger partial charge in [-0.3, -0.25) is 14.2 Å². The molecule has 3 aromatic rings. The van der Waals surface area contributed by atoms with Gasteiger partial charge in [0.25, 0.3) is 11.5 Å². The van der Waals surface area contributed by atoms with E-state index in [4.69, 9.17) is 4.74 Å². The van der Waals surface area contributed by atoms with Crippen molar-refractivity contribution in [1.82, 2.24) is 9.55 Å². The summed E-state index contributed by atoms with van der Waals surface area (Å²) < 4.78 is 6.59. The smallest absolute Gasteiger partial charge is 0.329 e. The highest BCUT2D eigenvalue weighted by molar-refractivity contribution is 7.20. The third-order valence-electron chi connectivity index (χ3n) is 4.76. The van der Waals surface area contributed by atoms with Crippen molar-refractivity contribution in [3.8, 4) is 0 Å². The zero-order valence-corrected chi connectivity index (χ0v) is 17.6. The van der Waals surface area contributed by atoms with Crippen molar-refractivity contribution >= 4 is 39.1 Å². The summed E-state index contributed by atoms with van der Waals surface area (Å²) in [6, 6.07) is 8.28. The maximum atomic E-state index is 13.0. The minimum absolute atomic E-state index is 0.228. The standard InChI is InChI=1S/C21H23N3O4S/c1-5-12(2)28-21(27)14(4)24-11-22-19-16(20(24)26)13(3)17(29-19)18(25)23-15-9-7-6-8-10-15/h6-12,14H,5H2,1-4H3,(H,23,25)/t12-,14+/m0/s1. The fourth-order valence-corrected chi connectivity index (χ4v) is 3.87. The third kappa shape index (κ3) is 4.22. The van der Waals surface area contributed by atoms with E-state index in [1.165, 1.54) is 10.9 Å². The maximum absolute atomic E-state index is 13.0. The first-order valence-corrected chi connectivity index (χ1v) is 10.2. The molecule has 2 atom stereocenters. The van der Waals surface area contributed by atoms with Crippen LogP contribution >= 0.6 is 11.3 Å². The molecule has 0 bridgehead atoms. The number of benzene rings is 1. The van der Waals surface area contributed by atoms with E-state index in [0.29, 0.717) is 32.8 Å². The Bertz CT molecular complexity index is 1100. The van der Waals surface area contributed by atoms with Crippen molar-refractivity contribution in [2.45, 2.75) is 46.3 Å². The number of nitrogens with zero attached hydrogens (tertiary/aromatic N) is 2. The number of esters is 1. The number of thiophene rings is 1. The van der Waals surface area contributed by atoms with E-state index in [0.717, 1.165) is 11.3 Å². The number of amides is 1. The second kappa shape index (κ2) is 8.57.